The zero-order valence-electron chi connectivity index (χ0n) is 10.5. The van der Waals surface area contributed by atoms with Gasteiger partial charge in [0.05, 0.1) is 12.2 Å². The fourth-order valence-corrected chi connectivity index (χ4v) is 2.92. The number of carbonyl (C=O) groups excluding carboxylic acids is 1. The second kappa shape index (κ2) is 7.35. The topological polar surface area (TPSA) is 72.5 Å². The molecule has 9 heteroatoms. The van der Waals surface area contributed by atoms with Crippen molar-refractivity contribution in [3.05, 3.63) is 28.0 Å². The summed E-state index contributed by atoms with van der Waals surface area (Å²) < 4.78 is 41.7. The molecule has 0 saturated carbocycles. The Hall–Kier alpha value is -0.700. The van der Waals surface area contributed by atoms with Crippen molar-refractivity contribution in [2.24, 2.45) is 0 Å². The lowest BCUT2D eigenvalue weighted by atomic mass is 10.2. The first kappa shape index (κ1) is 17.4. The largest absolute Gasteiger partial charge is 0.380 e. The molecule has 1 amide bonds. The molecular weight excluding hydrogens is 377 g/mol. The standard InChI is InChI=1S/C11H12BrClFNO4S/c1-2-19-4-3-15-11(16)8-5-7(12)6-9(10(8)14)20(13,17)18/h5-6H,2-4H2,1H3,(H,15,16). The molecule has 0 saturated heterocycles. The number of amides is 1. The van der Waals surface area contributed by atoms with Gasteiger partial charge in [-0.3, -0.25) is 4.79 Å². The van der Waals surface area contributed by atoms with Gasteiger partial charge in [0.2, 0.25) is 0 Å². The van der Waals surface area contributed by atoms with Crippen molar-refractivity contribution in [2.75, 3.05) is 19.8 Å². The van der Waals surface area contributed by atoms with E-state index < -0.39 is 31.2 Å². The molecule has 0 heterocycles. The molecule has 0 atom stereocenters. The molecule has 0 unspecified atom stereocenters. The number of carbonyl (C=O) groups is 1. The third kappa shape index (κ3) is 4.69. The Morgan fingerprint density at radius 3 is 2.70 bits per heavy atom. The molecule has 0 radical (unpaired) electrons. The van der Waals surface area contributed by atoms with E-state index in [1.807, 2.05) is 0 Å². The van der Waals surface area contributed by atoms with Gasteiger partial charge in [-0.05, 0) is 19.1 Å². The minimum atomic E-state index is -4.28. The Morgan fingerprint density at radius 2 is 2.15 bits per heavy atom. The molecule has 0 fully saturated rings. The van der Waals surface area contributed by atoms with E-state index >= 15 is 0 Å². The molecule has 1 N–H and O–H groups in total. The van der Waals surface area contributed by atoms with Gasteiger partial charge in [-0.1, -0.05) is 15.9 Å². The van der Waals surface area contributed by atoms with Gasteiger partial charge < -0.3 is 10.1 Å². The third-order valence-electron chi connectivity index (χ3n) is 2.25. The second-order valence-corrected chi connectivity index (χ2v) is 7.11. The van der Waals surface area contributed by atoms with E-state index in [1.54, 1.807) is 6.92 Å². The predicted molar refractivity (Wildman–Crippen MR) is 76.0 cm³/mol. The van der Waals surface area contributed by atoms with Crippen LogP contribution in [0.15, 0.2) is 21.5 Å². The average molecular weight is 389 g/mol. The molecule has 112 valence electrons. The number of rotatable bonds is 6. The Bertz CT molecular complexity index is 609. The molecule has 0 bridgehead atoms. The molecule has 0 aliphatic carbocycles. The summed E-state index contributed by atoms with van der Waals surface area (Å²) in [4.78, 5) is 11.0. The maximum Gasteiger partial charge on any atom is 0.264 e. The Kier molecular flexibility index (Phi) is 6.38. The first-order valence-electron chi connectivity index (χ1n) is 5.57. The highest BCUT2D eigenvalue weighted by Crippen LogP contribution is 2.26. The Morgan fingerprint density at radius 1 is 1.50 bits per heavy atom. The molecule has 0 spiro atoms. The van der Waals surface area contributed by atoms with Crippen LogP contribution in [0.4, 0.5) is 4.39 Å². The molecule has 1 aromatic carbocycles. The smallest absolute Gasteiger partial charge is 0.264 e. The van der Waals surface area contributed by atoms with Crippen LogP contribution in [-0.2, 0) is 13.8 Å². The van der Waals surface area contributed by atoms with Crippen molar-refractivity contribution in [1.82, 2.24) is 5.32 Å². The fraction of sp³-hybridized carbons (Fsp3) is 0.364. The van der Waals surface area contributed by atoms with E-state index in [0.29, 0.717) is 6.61 Å². The summed E-state index contributed by atoms with van der Waals surface area (Å²) in [6.45, 7) is 2.75. The van der Waals surface area contributed by atoms with E-state index in [1.165, 1.54) is 6.07 Å². The predicted octanol–water partition coefficient (Wildman–Crippen LogP) is 2.28. The first-order valence-corrected chi connectivity index (χ1v) is 8.67. The van der Waals surface area contributed by atoms with E-state index in [2.05, 4.69) is 21.2 Å². The van der Waals surface area contributed by atoms with Crippen molar-refractivity contribution >= 4 is 41.6 Å². The van der Waals surface area contributed by atoms with Crippen molar-refractivity contribution in [3.63, 3.8) is 0 Å². The van der Waals surface area contributed by atoms with Crippen LogP contribution in [0.25, 0.3) is 0 Å². The summed E-state index contributed by atoms with van der Waals surface area (Å²) in [6, 6.07) is 2.17. The highest BCUT2D eigenvalue weighted by atomic mass is 79.9. The monoisotopic (exact) mass is 387 g/mol. The summed E-state index contributed by atoms with van der Waals surface area (Å²) in [6.07, 6.45) is 0. The highest BCUT2D eigenvalue weighted by molar-refractivity contribution is 9.10. The van der Waals surface area contributed by atoms with Crippen LogP contribution in [0, 0.1) is 5.82 Å². The number of benzene rings is 1. The molecule has 5 nitrogen and oxygen atoms in total. The van der Waals surface area contributed by atoms with Crippen LogP contribution in [0.3, 0.4) is 0 Å². The molecule has 1 rings (SSSR count). The number of nitrogens with one attached hydrogen (secondary N) is 1. The van der Waals surface area contributed by atoms with Crippen LogP contribution < -0.4 is 5.32 Å². The van der Waals surface area contributed by atoms with Gasteiger partial charge in [-0.25, -0.2) is 12.8 Å². The number of hydrogen-bond donors (Lipinski definition) is 1. The van der Waals surface area contributed by atoms with Gasteiger partial charge in [-0.2, -0.15) is 0 Å². The normalized spacial score (nSPS) is 11.4. The summed E-state index contributed by atoms with van der Waals surface area (Å²) in [5.74, 6) is -1.93. The summed E-state index contributed by atoms with van der Waals surface area (Å²) in [7, 11) is 0.839. The lowest BCUT2D eigenvalue weighted by molar-refractivity contribution is 0.0918. The Labute approximate surface area is 129 Å². The lowest BCUT2D eigenvalue weighted by Crippen LogP contribution is -2.28. The van der Waals surface area contributed by atoms with Crippen LogP contribution in [0.5, 0.6) is 0 Å². The number of halogens is 3. The van der Waals surface area contributed by atoms with Gasteiger partial charge >= 0.3 is 0 Å². The SMILES string of the molecule is CCOCCNC(=O)c1cc(Br)cc(S(=O)(=O)Cl)c1F. The lowest BCUT2D eigenvalue weighted by Gasteiger charge is -2.09. The molecule has 1 aromatic rings. The van der Waals surface area contributed by atoms with Crippen molar-refractivity contribution in [2.45, 2.75) is 11.8 Å². The van der Waals surface area contributed by atoms with Gasteiger partial charge in [0, 0.05) is 28.3 Å². The zero-order valence-corrected chi connectivity index (χ0v) is 13.6. The zero-order chi connectivity index (χ0) is 15.3. The Balaban J connectivity index is 3.01. The van der Waals surface area contributed by atoms with E-state index in [4.69, 9.17) is 15.4 Å². The maximum atomic E-state index is 14.0. The van der Waals surface area contributed by atoms with E-state index in [9.17, 15) is 17.6 Å². The third-order valence-corrected chi connectivity index (χ3v) is 4.03. The first-order chi connectivity index (χ1) is 9.27. The van der Waals surface area contributed by atoms with E-state index in [0.717, 1.165) is 6.07 Å². The van der Waals surface area contributed by atoms with Crippen LogP contribution in [0.1, 0.15) is 17.3 Å². The second-order valence-electron chi connectivity index (χ2n) is 3.66. The van der Waals surface area contributed by atoms with Crippen LogP contribution in [0.2, 0.25) is 0 Å². The molecule has 0 aliphatic rings. The van der Waals surface area contributed by atoms with Crippen molar-refractivity contribution in [1.29, 1.82) is 0 Å². The highest BCUT2D eigenvalue weighted by Gasteiger charge is 2.23. The van der Waals surface area contributed by atoms with Crippen molar-refractivity contribution in [3.8, 4) is 0 Å². The quantitative estimate of drug-likeness (QED) is 0.599. The van der Waals surface area contributed by atoms with Gasteiger partial charge in [-0.15, -0.1) is 0 Å². The molecule has 0 aromatic heterocycles. The van der Waals surface area contributed by atoms with Crippen LogP contribution in [-0.4, -0.2) is 34.1 Å². The van der Waals surface area contributed by atoms with Gasteiger partial charge in [0.1, 0.15) is 4.90 Å². The molecular formula is C11H12BrClFNO4S. The number of hydrogen-bond acceptors (Lipinski definition) is 4. The van der Waals surface area contributed by atoms with Crippen LogP contribution >= 0.6 is 26.6 Å². The maximum absolute atomic E-state index is 14.0. The average Bonchev–Trinajstić information content (AvgIpc) is 2.35. The summed E-state index contributed by atoms with van der Waals surface area (Å²) in [5.41, 5.74) is -0.407. The number of ether oxygens (including phenoxy) is 1. The molecule has 20 heavy (non-hydrogen) atoms. The summed E-state index contributed by atoms with van der Waals surface area (Å²) in [5, 5.41) is 2.42. The van der Waals surface area contributed by atoms with Crippen molar-refractivity contribution < 1.29 is 22.3 Å². The fourth-order valence-electron chi connectivity index (χ4n) is 1.38. The summed E-state index contributed by atoms with van der Waals surface area (Å²) >= 11 is 3.01. The van der Waals surface area contributed by atoms with E-state index in [-0.39, 0.29) is 17.6 Å². The minimum absolute atomic E-state index is 0.182. The van der Waals surface area contributed by atoms with Gasteiger partial charge in [0.25, 0.3) is 15.0 Å². The molecule has 0 aliphatic heterocycles. The van der Waals surface area contributed by atoms with Gasteiger partial charge in [0.15, 0.2) is 5.82 Å². The minimum Gasteiger partial charge on any atom is -0.380 e.